The Bertz CT molecular complexity index is 827. The number of esters is 1. The van der Waals surface area contributed by atoms with Crippen LogP contribution in [0.3, 0.4) is 0 Å². The van der Waals surface area contributed by atoms with Gasteiger partial charge < -0.3 is 26.6 Å². The average Bonchev–Trinajstić information content (AvgIpc) is 2.80. The molecule has 0 saturated carbocycles. The molecule has 179 valence electrons. The smallest absolute Gasteiger partial charge is 0.319 e. The number of nitrogens with two attached hydrogens (primary N) is 2. The van der Waals surface area contributed by atoms with E-state index in [0.717, 1.165) is 35.5 Å². The molecule has 0 aliphatic heterocycles. The van der Waals surface area contributed by atoms with Crippen LogP contribution in [0.1, 0.15) is 41.0 Å². The minimum atomic E-state index is -0.624. The van der Waals surface area contributed by atoms with Crippen LogP contribution in [-0.2, 0) is 29.6 Å². The van der Waals surface area contributed by atoms with E-state index in [2.05, 4.69) is 48.4 Å². The number of hydrogen-bond acceptors (Lipinski definition) is 6. The van der Waals surface area contributed by atoms with Crippen LogP contribution in [-0.4, -0.2) is 25.7 Å². The van der Waals surface area contributed by atoms with Crippen LogP contribution in [0.2, 0.25) is 0 Å². The first-order chi connectivity index (χ1) is 15.0. The molecule has 0 spiro atoms. The van der Waals surface area contributed by atoms with Gasteiger partial charge in [-0.15, -0.1) is 0 Å². The van der Waals surface area contributed by atoms with Gasteiger partial charge in [-0.25, -0.2) is 4.79 Å². The Morgan fingerprint density at radius 2 is 1.53 bits per heavy atom. The van der Waals surface area contributed by atoms with Gasteiger partial charge in [-0.05, 0) is 61.4 Å². The van der Waals surface area contributed by atoms with E-state index in [4.69, 9.17) is 16.3 Å². The van der Waals surface area contributed by atoms with Gasteiger partial charge in [-0.1, -0.05) is 56.8 Å². The summed E-state index contributed by atoms with van der Waals surface area (Å²) in [6.45, 7) is 12.4. The molecule has 0 unspecified atom stereocenters. The van der Waals surface area contributed by atoms with Gasteiger partial charge in [0.1, 0.15) is 0 Å². The first kappa shape index (κ1) is 30.0. The van der Waals surface area contributed by atoms with E-state index in [9.17, 15) is 4.79 Å². The number of nitrogens with zero attached hydrogens (tertiary/aromatic N) is 2. The van der Waals surface area contributed by atoms with Crippen LogP contribution in [0.4, 0.5) is 5.69 Å². The monoisotopic (exact) mass is 636 g/mol. The summed E-state index contributed by atoms with van der Waals surface area (Å²) in [6.07, 6.45) is 1.13. The van der Waals surface area contributed by atoms with Crippen molar-refractivity contribution in [3.63, 3.8) is 0 Å². The fourth-order valence-corrected chi connectivity index (χ4v) is 3.67. The summed E-state index contributed by atoms with van der Waals surface area (Å²) in [5.41, 5.74) is 12.9. The summed E-state index contributed by atoms with van der Waals surface area (Å²) in [5.74, 6) is 4.67. The molecule has 2 rings (SSSR count). The van der Waals surface area contributed by atoms with Gasteiger partial charge >= 0.3 is 5.97 Å². The molecular weight excluding hydrogens is 601 g/mol. The second-order valence-electron chi connectivity index (χ2n) is 6.32. The molecule has 32 heavy (non-hydrogen) atoms. The second kappa shape index (κ2) is 16.6. The SMILES string of the molecule is CC.CCCN(CC)c1ccc(-c2ccc(S/C(N)=C(/[N-]N)C(=O)OCC)cc2)cc1.[Ir]. The Morgan fingerprint density at radius 3 is 1.97 bits per heavy atom. The maximum absolute atomic E-state index is 11.8. The largest absolute Gasteiger partial charge is 0.617 e. The molecule has 6 nitrogen and oxygen atoms in total. The van der Waals surface area contributed by atoms with Crippen molar-refractivity contribution < 1.29 is 29.6 Å². The van der Waals surface area contributed by atoms with E-state index >= 15 is 0 Å². The van der Waals surface area contributed by atoms with Gasteiger partial charge in [0, 0.05) is 43.8 Å². The Hall–Kier alpha value is -1.99. The molecule has 4 N–H and O–H groups in total. The molecule has 1 radical (unpaired) electrons. The van der Waals surface area contributed by atoms with Gasteiger partial charge in [0.25, 0.3) is 0 Å². The zero-order valence-electron chi connectivity index (χ0n) is 19.6. The van der Waals surface area contributed by atoms with Crippen LogP contribution in [0.25, 0.3) is 16.6 Å². The van der Waals surface area contributed by atoms with Gasteiger partial charge in [0.15, 0.2) is 0 Å². The van der Waals surface area contributed by atoms with Crippen molar-refractivity contribution in [3.8, 4) is 11.1 Å². The third kappa shape index (κ3) is 8.87. The summed E-state index contributed by atoms with van der Waals surface area (Å²) in [5, 5.41) is 0.207. The zero-order chi connectivity index (χ0) is 23.2. The topological polar surface area (TPSA) is 95.7 Å². The minimum Gasteiger partial charge on any atom is -0.617 e. The van der Waals surface area contributed by atoms with Crippen molar-refractivity contribution in [2.75, 3.05) is 24.6 Å². The molecule has 0 atom stereocenters. The Kier molecular flexibility index (Phi) is 15.6. The maximum atomic E-state index is 11.8. The quantitative estimate of drug-likeness (QED) is 0.115. The Morgan fingerprint density at radius 1 is 1.00 bits per heavy atom. The zero-order valence-corrected chi connectivity index (χ0v) is 22.8. The summed E-state index contributed by atoms with van der Waals surface area (Å²) >= 11 is 1.23. The molecule has 0 bridgehead atoms. The normalized spacial score (nSPS) is 10.7. The number of carbonyl (C=O) groups excluding carboxylic acids is 1. The van der Waals surface area contributed by atoms with Crippen molar-refractivity contribution in [1.29, 1.82) is 0 Å². The number of anilines is 1. The molecule has 0 fully saturated rings. The number of thioether (sulfide) groups is 1. The minimum absolute atomic E-state index is 0. The number of carbonyl (C=O) groups is 1. The summed E-state index contributed by atoms with van der Waals surface area (Å²) in [6, 6.07) is 16.5. The Balaban J connectivity index is 0.00000311. The van der Waals surface area contributed by atoms with Crippen LogP contribution < -0.4 is 16.5 Å². The van der Waals surface area contributed by atoms with E-state index in [-0.39, 0.29) is 37.4 Å². The summed E-state index contributed by atoms with van der Waals surface area (Å²) < 4.78 is 4.91. The van der Waals surface area contributed by atoms with E-state index in [1.807, 2.05) is 38.1 Å². The van der Waals surface area contributed by atoms with E-state index in [0.29, 0.717) is 0 Å². The molecule has 2 aromatic carbocycles. The van der Waals surface area contributed by atoms with Crippen molar-refractivity contribution in [1.82, 2.24) is 0 Å². The molecule has 0 aliphatic carbocycles. The third-order valence-electron chi connectivity index (χ3n) is 4.35. The summed E-state index contributed by atoms with van der Waals surface area (Å²) in [7, 11) is 0. The van der Waals surface area contributed by atoms with E-state index < -0.39 is 5.97 Å². The summed E-state index contributed by atoms with van der Waals surface area (Å²) in [4.78, 5) is 15.1. The van der Waals surface area contributed by atoms with Crippen molar-refractivity contribution in [3.05, 3.63) is 64.7 Å². The molecule has 0 aliphatic rings. The predicted octanol–water partition coefficient (Wildman–Crippen LogP) is 5.64. The van der Waals surface area contributed by atoms with Crippen molar-refractivity contribution in [2.45, 2.75) is 45.9 Å². The number of hydrogen-bond donors (Lipinski definition) is 2. The molecule has 2 aromatic rings. The Labute approximate surface area is 210 Å². The number of ether oxygens (including phenoxy) is 1. The second-order valence-corrected chi connectivity index (χ2v) is 7.43. The molecule has 0 aromatic heterocycles. The number of rotatable bonds is 10. The fraction of sp³-hybridized carbons (Fsp3) is 0.375. The first-order valence-corrected chi connectivity index (χ1v) is 11.6. The molecule has 0 saturated heterocycles. The molecule has 0 amide bonds. The first-order valence-electron chi connectivity index (χ1n) is 10.7. The van der Waals surface area contributed by atoms with Crippen LogP contribution in [0, 0.1) is 0 Å². The van der Waals surface area contributed by atoms with E-state index in [1.165, 1.54) is 17.4 Å². The molecular formula is C24H35IrN4O2S-. The maximum Gasteiger partial charge on any atom is 0.319 e. The standard InChI is InChI=1S/C22H29N4O2S.C2H6.Ir/c1-4-15-26(5-2)18-11-7-16(8-12-18)17-9-13-19(14-10-17)29-21(23)20(25-24)22(27)28-6-3;1-2;/h7-14H,4-6,15,24H2,1-3H3,(H2,23,27);1-2H3;/q-1;;. The van der Waals surface area contributed by atoms with Crippen LogP contribution >= 0.6 is 11.8 Å². The average molecular weight is 636 g/mol. The molecule has 8 heteroatoms. The van der Waals surface area contributed by atoms with Crippen LogP contribution in [0.15, 0.2) is 64.2 Å². The van der Waals surface area contributed by atoms with Crippen molar-refractivity contribution in [2.24, 2.45) is 11.6 Å². The third-order valence-corrected chi connectivity index (χ3v) is 5.28. The van der Waals surface area contributed by atoms with Crippen LogP contribution in [0.5, 0.6) is 0 Å². The molecule has 0 heterocycles. The fourth-order valence-electron chi connectivity index (χ4n) is 2.91. The number of benzene rings is 2. The van der Waals surface area contributed by atoms with Gasteiger partial charge in [-0.3, -0.25) is 0 Å². The van der Waals surface area contributed by atoms with Crippen molar-refractivity contribution >= 4 is 23.4 Å². The van der Waals surface area contributed by atoms with E-state index in [1.54, 1.807) is 6.92 Å². The van der Waals surface area contributed by atoms with Gasteiger partial charge in [0.05, 0.1) is 11.6 Å². The van der Waals surface area contributed by atoms with Gasteiger partial charge in [0.2, 0.25) is 0 Å². The predicted molar refractivity (Wildman–Crippen MR) is 133 cm³/mol. The van der Waals surface area contributed by atoms with Gasteiger partial charge in [-0.2, -0.15) is 0 Å².